The van der Waals surface area contributed by atoms with Gasteiger partial charge in [-0.1, -0.05) is 5.16 Å². The first kappa shape index (κ1) is 19.5. The Labute approximate surface area is 168 Å². The van der Waals surface area contributed by atoms with E-state index in [0.717, 1.165) is 12.8 Å². The van der Waals surface area contributed by atoms with Gasteiger partial charge in [-0.3, -0.25) is 0 Å². The summed E-state index contributed by atoms with van der Waals surface area (Å²) in [4.78, 5) is 18.9. The van der Waals surface area contributed by atoms with Crippen molar-refractivity contribution in [3.05, 3.63) is 29.9 Å². The highest BCUT2D eigenvalue weighted by molar-refractivity contribution is 5.90. The predicted molar refractivity (Wildman–Crippen MR) is 101 cm³/mol. The number of nitrogens with one attached hydrogen (secondary N) is 1. The Morgan fingerprint density at radius 1 is 1.28 bits per heavy atom. The zero-order chi connectivity index (χ0) is 20.1. The number of benzene rings is 1. The lowest BCUT2D eigenvalue weighted by atomic mass is 10.2. The highest BCUT2D eigenvalue weighted by atomic mass is 16.6. The smallest absolute Gasteiger partial charge is 0.322 e. The minimum atomic E-state index is -0.233. The van der Waals surface area contributed by atoms with Crippen molar-refractivity contribution in [2.24, 2.45) is 0 Å². The Hall–Kier alpha value is -2.85. The third-order valence-electron chi connectivity index (χ3n) is 4.75. The molecule has 0 aliphatic carbocycles. The summed E-state index contributed by atoms with van der Waals surface area (Å²) in [6.07, 6.45) is 1.64. The molecule has 2 aromatic rings. The molecule has 0 radical (unpaired) electrons. The van der Waals surface area contributed by atoms with Crippen LogP contribution in [0.4, 0.5) is 10.5 Å². The van der Waals surface area contributed by atoms with Crippen LogP contribution in [0.2, 0.25) is 0 Å². The quantitative estimate of drug-likeness (QED) is 0.701. The highest BCUT2D eigenvalue weighted by Crippen LogP contribution is 2.34. The van der Waals surface area contributed by atoms with Crippen LogP contribution in [-0.2, 0) is 16.1 Å². The molecule has 0 bridgehead atoms. The van der Waals surface area contributed by atoms with E-state index >= 15 is 0 Å². The first-order chi connectivity index (χ1) is 14.2. The third-order valence-corrected chi connectivity index (χ3v) is 4.75. The molecule has 1 saturated heterocycles. The maximum absolute atomic E-state index is 12.8. The number of rotatable bonds is 7. The van der Waals surface area contributed by atoms with E-state index in [9.17, 15) is 4.79 Å². The number of carbonyl (C=O) groups is 1. The van der Waals surface area contributed by atoms with Gasteiger partial charge in [0.1, 0.15) is 19.8 Å². The molecule has 1 N–H and O–H groups in total. The molecule has 2 amide bonds. The van der Waals surface area contributed by atoms with E-state index in [1.165, 1.54) is 0 Å². The highest BCUT2D eigenvalue weighted by Gasteiger charge is 2.33. The van der Waals surface area contributed by atoms with Crippen molar-refractivity contribution in [3.63, 3.8) is 0 Å². The maximum Gasteiger partial charge on any atom is 0.322 e. The second-order valence-electron chi connectivity index (χ2n) is 6.73. The Kier molecular flexibility index (Phi) is 6.11. The number of hydrogen-bond acceptors (Lipinski definition) is 8. The van der Waals surface area contributed by atoms with Gasteiger partial charge in [-0.15, -0.1) is 0 Å². The Balaban J connectivity index is 1.38. The summed E-state index contributed by atoms with van der Waals surface area (Å²) in [5, 5.41) is 6.95. The van der Waals surface area contributed by atoms with Crippen molar-refractivity contribution in [1.82, 2.24) is 15.0 Å². The van der Waals surface area contributed by atoms with Crippen LogP contribution in [0.25, 0.3) is 0 Å². The van der Waals surface area contributed by atoms with Gasteiger partial charge in [-0.25, -0.2) is 4.79 Å². The summed E-state index contributed by atoms with van der Waals surface area (Å²) in [5.74, 6) is 2.18. The molecule has 0 saturated carbocycles. The normalized spacial score (nSPS) is 18.1. The molecule has 1 aromatic carbocycles. The van der Waals surface area contributed by atoms with E-state index < -0.39 is 0 Å². The molecule has 156 valence electrons. The average Bonchev–Trinajstić information content (AvgIpc) is 3.40. The van der Waals surface area contributed by atoms with Crippen LogP contribution >= 0.6 is 0 Å². The molecular weight excluding hydrogens is 380 g/mol. The summed E-state index contributed by atoms with van der Waals surface area (Å²) < 4.78 is 26.7. The van der Waals surface area contributed by atoms with Crippen LogP contribution in [0.3, 0.4) is 0 Å². The SMILES string of the molecule is COCCOCc1nc(C2CCCN2C(=O)Nc2ccc3c(c2)OCCO3)no1. The van der Waals surface area contributed by atoms with E-state index in [1.807, 2.05) is 0 Å². The molecule has 10 heteroatoms. The summed E-state index contributed by atoms with van der Waals surface area (Å²) in [5.41, 5.74) is 0.644. The van der Waals surface area contributed by atoms with Gasteiger partial charge in [0.2, 0.25) is 0 Å². The fraction of sp³-hybridized carbons (Fsp3) is 0.526. The fourth-order valence-electron chi connectivity index (χ4n) is 3.36. The van der Waals surface area contributed by atoms with Crippen LogP contribution in [0.5, 0.6) is 11.5 Å². The van der Waals surface area contributed by atoms with Crippen molar-refractivity contribution in [1.29, 1.82) is 0 Å². The number of methoxy groups -OCH3 is 1. The molecule has 1 unspecified atom stereocenters. The minimum Gasteiger partial charge on any atom is -0.486 e. The second-order valence-corrected chi connectivity index (χ2v) is 6.73. The fourth-order valence-corrected chi connectivity index (χ4v) is 3.36. The van der Waals surface area contributed by atoms with Gasteiger partial charge in [0.05, 0.1) is 19.3 Å². The lowest BCUT2D eigenvalue weighted by Crippen LogP contribution is -2.34. The molecule has 0 spiro atoms. The molecule has 3 heterocycles. The number of ether oxygens (including phenoxy) is 4. The molecule has 29 heavy (non-hydrogen) atoms. The van der Waals surface area contributed by atoms with Crippen LogP contribution in [0.15, 0.2) is 22.7 Å². The number of anilines is 1. The first-order valence-corrected chi connectivity index (χ1v) is 9.61. The molecule has 2 aliphatic heterocycles. The number of urea groups is 1. The monoisotopic (exact) mass is 404 g/mol. The van der Waals surface area contributed by atoms with Crippen LogP contribution < -0.4 is 14.8 Å². The number of amides is 2. The lowest BCUT2D eigenvalue weighted by Gasteiger charge is -2.23. The zero-order valence-corrected chi connectivity index (χ0v) is 16.3. The van der Waals surface area contributed by atoms with Gasteiger partial charge in [0, 0.05) is 25.4 Å². The third kappa shape index (κ3) is 4.60. The predicted octanol–water partition coefficient (Wildman–Crippen LogP) is 2.37. The standard InChI is InChI=1S/C19H24N4O6/c1-25-7-8-26-12-17-21-18(22-29-17)14-3-2-6-23(14)19(24)20-13-4-5-15-16(11-13)28-10-9-27-15/h4-5,11,14H,2-3,6-10,12H2,1H3,(H,20,24). The second kappa shape index (κ2) is 9.10. The van der Waals surface area contributed by atoms with E-state index in [4.69, 9.17) is 23.5 Å². The summed E-state index contributed by atoms with van der Waals surface area (Å²) in [7, 11) is 1.61. The molecule has 1 aromatic heterocycles. The molecule has 2 aliphatic rings. The van der Waals surface area contributed by atoms with Crippen molar-refractivity contribution >= 4 is 11.7 Å². The van der Waals surface area contributed by atoms with Crippen molar-refractivity contribution in [3.8, 4) is 11.5 Å². The van der Waals surface area contributed by atoms with Gasteiger partial charge in [-0.05, 0) is 25.0 Å². The number of fused-ring (bicyclic) bond motifs is 1. The van der Waals surface area contributed by atoms with E-state index in [0.29, 0.717) is 61.9 Å². The largest absolute Gasteiger partial charge is 0.486 e. The van der Waals surface area contributed by atoms with Gasteiger partial charge in [0.15, 0.2) is 17.3 Å². The van der Waals surface area contributed by atoms with E-state index in [2.05, 4.69) is 15.5 Å². The van der Waals surface area contributed by atoms with Crippen molar-refractivity contribution in [2.75, 3.05) is 45.4 Å². The van der Waals surface area contributed by atoms with Crippen LogP contribution in [0.1, 0.15) is 30.6 Å². The molecule has 1 atom stereocenters. The maximum atomic E-state index is 12.8. The Morgan fingerprint density at radius 3 is 3.00 bits per heavy atom. The number of nitrogens with zero attached hydrogens (tertiary/aromatic N) is 3. The number of carbonyl (C=O) groups excluding carboxylic acids is 1. The molecule has 1 fully saturated rings. The summed E-state index contributed by atoms with van der Waals surface area (Å²) in [6.45, 7) is 2.80. The molecule has 4 rings (SSSR count). The summed E-state index contributed by atoms with van der Waals surface area (Å²) >= 11 is 0. The topological polar surface area (TPSA) is 108 Å². The number of likely N-dealkylation sites (tertiary alicyclic amines) is 1. The molecule has 10 nitrogen and oxygen atoms in total. The number of hydrogen-bond donors (Lipinski definition) is 1. The zero-order valence-electron chi connectivity index (χ0n) is 16.3. The molecular formula is C19H24N4O6. The van der Waals surface area contributed by atoms with E-state index in [-0.39, 0.29) is 18.7 Å². The summed E-state index contributed by atoms with van der Waals surface area (Å²) in [6, 6.07) is 4.90. The van der Waals surface area contributed by atoms with Crippen LogP contribution in [0, 0.1) is 0 Å². The van der Waals surface area contributed by atoms with E-state index in [1.54, 1.807) is 30.2 Å². The Morgan fingerprint density at radius 2 is 2.14 bits per heavy atom. The van der Waals surface area contributed by atoms with Crippen molar-refractivity contribution < 1.29 is 28.3 Å². The average molecular weight is 404 g/mol. The van der Waals surface area contributed by atoms with Gasteiger partial charge < -0.3 is 33.7 Å². The van der Waals surface area contributed by atoms with Crippen molar-refractivity contribution in [2.45, 2.75) is 25.5 Å². The van der Waals surface area contributed by atoms with Crippen LogP contribution in [-0.4, -0.2) is 61.2 Å². The van der Waals surface area contributed by atoms with Gasteiger partial charge >= 0.3 is 6.03 Å². The number of aromatic nitrogens is 2. The minimum absolute atomic E-state index is 0.215. The van der Waals surface area contributed by atoms with Gasteiger partial charge in [0.25, 0.3) is 5.89 Å². The lowest BCUT2D eigenvalue weighted by molar-refractivity contribution is 0.0494. The Bertz CT molecular complexity index is 842. The van der Waals surface area contributed by atoms with Gasteiger partial charge in [-0.2, -0.15) is 4.98 Å². The first-order valence-electron chi connectivity index (χ1n) is 9.61.